The Morgan fingerprint density at radius 3 is 2.57 bits per heavy atom. The zero-order valence-corrected chi connectivity index (χ0v) is 16.3. The molecule has 1 saturated heterocycles. The summed E-state index contributed by atoms with van der Waals surface area (Å²) < 4.78 is 43.8. The van der Waals surface area contributed by atoms with Crippen molar-refractivity contribution in [3.05, 3.63) is 46.5 Å². The first-order chi connectivity index (χ1) is 13.1. The van der Waals surface area contributed by atoms with Gasteiger partial charge in [0.2, 0.25) is 5.91 Å². The number of halogens is 4. The summed E-state index contributed by atoms with van der Waals surface area (Å²) >= 11 is 6.01. The Hall–Kier alpha value is -2.22. The Labute approximate surface area is 165 Å². The summed E-state index contributed by atoms with van der Waals surface area (Å²) in [6.45, 7) is 4.68. The number of carbonyl (C=O) groups excluding carboxylic acids is 1. The normalized spacial score (nSPS) is 16.9. The molecule has 1 aliphatic rings. The van der Waals surface area contributed by atoms with E-state index in [4.69, 9.17) is 16.0 Å². The molecule has 0 saturated carbocycles. The van der Waals surface area contributed by atoms with Crippen LogP contribution >= 0.6 is 11.6 Å². The van der Waals surface area contributed by atoms with Gasteiger partial charge in [0.1, 0.15) is 17.3 Å². The van der Waals surface area contributed by atoms with Crippen LogP contribution in [0, 0.1) is 12.8 Å². The predicted octanol–water partition coefficient (Wildman–Crippen LogP) is 4.75. The largest absolute Gasteiger partial charge is 0.464 e. The van der Waals surface area contributed by atoms with E-state index in [0.29, 0.717) is 37.5 Å². The molecule has 2 aromatic rings. The molecule has 1 unspecified atom stereocenters. The maximum Gasteiger partial charge on any atom is 0.417 e. The van der Waals surface area contributed by atoms with Crippen LogP contribution < -0.4 is 10.2 Å². The van der Waals surface area contributed by atoms with E-state index in [2.05, 4.69) is 10.3 Å². The van der Waals surface area contributed by atoms with Crippen LogP contribution in [0.2, 0.25) is 5.02 Å². The number of aryl methyl sites for hydroxylation is 1. The van der Waals surface area contributed by atoms with Gasteiger partial charge in [-0.1, -0.05) is 11.6 Å². The van der Waals surface area contributed by atoms with Crippen molar-refractivity contribution in [1.82, 2.24) is 10.3 Å². The summed E-state index contributed by atoms with van der Waals surface area (Å²) in [5.41, 5.74) is -0.877. The molecule has 28 heavy (non-hydrogen) atoms. The molecule has 5 nitrogen and oxygen atoms in total. The summed E-state index contributed by atoms with van der Waals surface area (Å²) in [4.78, 5) is 18.2. The highest BCUT2D eigenvalue weighted by Crippen LogP contribution is 2.34. The summed E-state index contributed by atoms with van der Waals surface area (Å²) in [6, 6.07) is 4.33. The second kappa shape index (κ2) is 8.03. The summed E-state index contributed by atoms with van der Waals surface area (Å²) in [6.07, 6.45) is -2.57. The Bertz CT molecular complexity index is 845. The van der Waals surface area contributed by atoms with Gasteiger partial charge in [-0.15, -0.1) is 0 Å². The van der Waals surface area contributed by atoms with Crippen molar-refractivity contribution in [2.45, 2.75) is 38.9 Å². The van der Waals surface area contributed by atoms with E-state index < -0.39 is 11.7 Å². The quantitative estimate of drug-likeness (QED) is 0.783. The van der Waals surface area contributed by atoms with Crippen LogP contribution in [-0.2, 0) is 11.0 Å². The van der Waals surface area contributed by atoms with Crippen molar-refractivity contribution < 1.29 is 22.4 Å². The van der Waals surface area contributed by atoms with Crippen LogP contribution in [0.3, 0.4) is 0 Å². The minimum atomic E-state index is -4.48. The van der Waals surface area contributed by atoms with Gasteiger partial charge >= 0.3 is 6.18 Å². The van der Waals surface area contributed by atoms with Crippen molar-refractivity contribution in [3.8, 4) is 0 Å². The minimum absolute atomic E-state index is 0.0421. The van der Waals surface area contributed by atoms with Crippen molar-refractivity contribution in [2.24, 2.45) is 5.92 Å². The number of nitrogens with one attached hydrogen (secondary N) is 1. The van der Waals surface area contributed by atoms with Crippen LogP contribution in [0.4, 0.5) is 19.0 Å². The van der Waals surface area contributed by atoms with Gasteiger partial charge < -0.3 is 14.6 Å². The Morgan fingerprint density at radius 2 is 2.04 bits per heavy atom. The molecule has 1 amide bonds. The van der Waals surface area contributed by atoms with Gasteiger partial charge in [0.05, 0.1) is 16.6 Å². The van der Waals surface area contributed by atoms with Crippen LogP contribution in [0.5, 0.6) is 0 Å². The van der Waals surface area contributed by atoms with Crippen LogP contribution in [0.1, 0.15) is 42.9 Å². The number of piperidine rings is 1. The van der Waals surface area contributed by atoms with E-state index in [0.717, 1.165) is 18.0 Å². The second-order valence-electron chi connectivity index (χ2n) is 6.97. The molecule has 0 aliphatic carbocycles. The average molecular weight is 416 g/mol. The van der Waals surface area contributed by atoms with E-state index >= 15 is 0 Å². The molecule has 1 atom stereocenters. The smallest absolute Gasteiger partial charge is 0.417 e. The number of anilines is 1. The highest BCUT2D eigenvalue weighted by atomic mass is 35.5. The van der Waals surface area contributed by atoms with Crippen LogP contribution in [-0.4, -0.2) is 24.0 Å². The molecule has 1 N–H and O–H groups in total. The molecule has 1 aliphatic heterocycles. The van der Waals surface area contributed by atoms with E-state index in [9.17, 15) is 18.0 Å². The zero-order chi connectivity index (χ0) is 20.5. The van der Waals surface area contributed by atoms with Gasteiger partial charge in [-0.3, -0.25) is 4.79 Å². The monoisotopic (exact) mass is 415 g/mol. The minimum Gasteiger partial charge on any atom is -0.464 e. The van der Waals surface area contributed by atoms with Gasteiger partial charge in [-0.05, 0) is 44.9 Å². The van der Waals surface area contributed by atoms with E-state index in [1.54, 1.807) is 0 Å². The number of rotatable bonds is 4. The van der Waals surface area contributed by atoms with Gasteiger partial charge in [0, 0.05) is 25.2 Å². The topological polar surface area (TPSA) is 58.4 Å². The number of alkyl halides is 3. The summed E-state index contributed by atoms with van der Waals surface area (Å²) in [5.74, 6) is 1.55. The predicted molar refractivity (Wildman–Crippen MR) is 99.2 cm³/mol. The first kappa shape index (κ1) is 20.5. The van der Waals surface area contributed by atoms with Gasteiger partial charge in [0.15, 0.2) is 0 Å². The number of hydrogen-bond acceptors (Lipinski definition) is 4. The third-order valence-corrected chi connectivity index (χ3v) is 5.14. The summed E-state index contributed by atoms with van der Waals surface area (Å²) in [5, 5.41) is 2.91. The number of pyridine rings is 1. The Balaban J connectivity index is 1.57. The molecule has 152 valence electrons. The maximum absolute atomic E-state index is 12.7. The zero-order valence-electron chi connectivity index (χ0n) is 15.5. The maximum atomic E-state index is 12.7. The lowest BCUT2D eigenvalue weighted by atomic mass is 9.95. The molecule has 0 aromatic carbocycles. The van der Waals surface area contributed by atoms with Crippen molar-refractivity contribution in [1.29, 1.82) is 0 Å². The van der Waals surface area contributed by atoms with Crippen LogP contribution in [0.15, 0.2) is 28.8 Å². The molecule has 9 heteroatoms. The molecule has 2 aromatic heterocycles. The third-order valence-electron chi connectivity index (χ3n) is 4.86. The highest BCUT2D eigenvalue weighted by molar-refractivity contribution is 6.33. The fraction of sp³-hybridized carbons (Fsp3) is 0.474. The third kappa shape index (κ3) is 4.60. The average Bonchev–Trinajstić information content (AvgIpc) is 3.07. The molecular formula is C19H21ClF3N3O2. The number of carbonyl (C=O) groups is 1. The number of nitrogens with zero attached hydrogens (tertiary/aromatic N) is 2. The first-order valence-corrected chi connectivity index (χ1v) is 9.37. The first-order valence-electron chi connectivity index (χ1n) is 8.99. The molecule has 1 fully saturated rings. The number of aromatic nitrogens is 1. The summed E-state index contributed by atoms with van der Waals surface area (Å²) in [7, 11) is 0. The second-order valence-corrected chi connectivity index (χ2v) is 7.37. The Kier molecular flexibility index (Phi) is 5.88. The molecular weight excluding hydrogens is 395 g/mol. The Morgan fingerprint density at radius 1 is 1.36 bits per heavy atom. The SMILES string of the molecule is Cc1ccc(C(C)NC(=O)C2CCN(c3ncc(C(F)(F)F)cc3Cl)CC2)o1. The standard InChI is InChI=1S/C19H21ClF3N3O2/c1-11-3-4-16(28-11)12(2)25-18(27)13-5-7-26(8-6-13)17-15(20)9-14(10-24-17)19(21,22)23/h3-4,9-10,12-13H,5-8H2,1-2H3,(H,25,27). The lowest BCUT2D eigenvalue weighted by molar-refractivity contribution is -0.137. The number of furan rings is 1. The van der Waals surface area contributed by atoms with E-state index in [1.165, 1.54) is 0 Å². The number of amides is 1. The molecule has 3 heterocycles. The lowest BCUT2D eigenvalue weighted by Crippen LogP contribution is -2.41. The van der Waals surface area contributed by atoms with Crippen LogP contribution in [0.25, 0.3) is 0 Å². The van der Waals surface area contributed by atoms with E-state index in [1.807, 2.05) is 30.9 Å². The highest BCUT2D eigenvalue weighted by Gasteiger charge is 2.33. The molecule has 0 spiro atoms. The molecule has 3 rings (SSSR count). The fourth-order valence-corrected chi connectivity index (χ4v) is 3.55. The van der Waals surface area contributed by atoms with Crippen molar-refractivity contribution >= 4 is 23.3 Å². The number of hydrogen-bond donors (Lipinski definition) is 1. The fourth-order valence-electron chi connectivity index (χ4n) is 3.26. The van der Waals surface area contributed by atoms with E-state index in [-0.39, 0.29) is 22.9 Å². The van der Waals surface area contributed by atoms with Crippen molar-refractivity contribution in [3.63, 3.8) is 0 Å². The van der Waals surface area contributed by atoms with Gasteiger partial charge in [-0.2, -0.15) is 13.2 Å². The molecule has 0 radical (unpaired) electrons. The molecule has 0 bridgehead atoms. The van der Waals surface area contributed by atoms with Gasteiger partial charge in [-0.25, -0.2) is 4.98 Å². The lowest BCUT2D eigenvalue weighted by Gasteiger charge is -2.33. The van der Waals surface area contributed by atoms with Crippen molar-refractivity contribution in [2.75, 3.05) is 18.0 Å². The van der Waals surface area contributed by atoms with Gasteiger partial charge in [0.25, 0.3) is 0 Å².